The van der Waals surface area contributed by atoms with Gasteiger partial charge in [-0.1, -0.05) is 17.7 Å². The molecule has 0 N–H and O–H groups in total. The van der Waals surface area contributed by atoms with Gasteiger partial charge in [0, 0.05) is 44.8 Å². The lowest BCUT2D eigenvalue weighted by atomic mass is 9.81. The van der Waals surface area contributed by atoms with Gasteiger partial charge in [-0.2, -0.15) is 5.26 Å². The Labute approximate surface area is 277 Å². The van der Waals surface area contributed by atoms with Gasteiger partial charge < -0.3 is 28.4 Å². The van der Waals surface area contributed by atoms with Gasteiger partial charge in [0.25, 0.3) is 5.79 Å². The molecule has 0 bridgehead atoms. The number of ether oxygens (including phenoxy) is 4. The Bertz CT molecular complexity index is 1940. The van der Waals surface area contributed by atoms with Gasteiger partial charge >= 0.3 is 5.97 Å². The summed E-state index contributed by atoms with van der Waals surface area (Å²) in [6.07, 6.45) is 5.43. The Morgan fingerprint density at radius 2 is 1.96 bits per heavy atom. The van der Waals surface area contributed by atoms with Crippen LogP contribution in [-0.4, -0.2) is 64.8 Å². The number of hydrogen-bond donors (Lipinski definition) is 0. The number of rotatable bonds is 8. The Balaban J connectivity index is 1.08. The third-order valence-corrected chi connectivity index (χ3v) is 10.4. The minimum Gasteiger partial charge on any atom is -0.494 e. The quantitative estimate of drug-likeness (QED) is 0.220. The predicted molar refractivity (Wildman–Crippen MR) is 174 cm³/mol. The largest absolute Gasteiger partial charge is 0.494 e. The van der Waals surface area contributed by atoms with Crippen molar-refractivity contribution < 1.29 is 23.7 Å². The molecule has 12 heteroatoms. The van der Waals surface area contributed by atoms with Crippen LogP contribution in [0.25, 0.3) is 11.0 Å². The number of halogens is 1. The number of piperazine rings is 1. The van der Waals surface area contributed by atoms with E-state index in [-0.39, 0.29) is 0 Å². The standard InChI is InChI=1S/C35H35ClN6O5/c1-34(29-10-7-22(36)17-38-29)46-27-6-4-5-25(32(27)47-34)41-14-13-40(23-8-9-24(23)41)18-30-39-31-26(42(30)20-35(19-37)11-12-35)15-21(33(43)45-3)16-28(31)44-2/h4-7,10,15-17,23-24H,8-9,11-14,18,20H2,1-3H3/t23-,24-,34-/m1/s1. The van der Waals surface area contributed by atoms with E-state index in [0.717, 1.165) is 61.6 Å². The van der Waals surface area contributed by atoms with Crippen LogP contribution in [-0.2, 0) is 23.6 Å². The third-order valence-electron chi connectivity index (χ3n) is 10.2. The number of nitrogens with zero attached hydrogens (tertiary/aromatic N) is 6. The minimum absolute atomic E-state index is 0.298. The van der Waals surface area contributed by atoms with Gasteiger partial charge in [-0.15, -0.1) is 0 Å². The summed E-state index contributed by atoms with van der Waals surface area (Å²) in [6.45, 7) is 4.64. The molecule has 8 rings (SSSR count). The molecule has 47 heavy (non-hydrogen) atoms. The molecule has 3 atom stereocenters. The maximum absolute atomic E-state index is 12.5. The third kappa shape index (κ3) is 4.93. The number of aromatic nitrogens is 3. The normalized spacial score (nSPS) is 23.9. The summed E-state index contributed by atoms with van der Waals surface area (Å²) in [6, 6.07) is 16.3. The smallest absolute Gasteiger partial charge is 0.338 e. The van der Waals surface area contributed by atoms with Crippen molar-refractivity contribution in [1.82, 2.24) is 19.4 Å². The van der Waals surface area contributed by atoms with Crippen molar-refractivity contribution in [1.29, 1.82) is 5.26 Å². The van der Waals surface area contributed by atoms with Crippen LogP contribution < -0.4 is 19.1 Å². The fourth-order valence-corrected chi connectivity index (χ4v) is 7.39. The van der Waals surface area contributed by atoms with Gasteiger partial charge in [0.1, 0.15) is 22.8 Å². The summed E-state index contributed by atoms with van der Waals surface area (Å²) in [5.41, 5.74) is 3.11. The molecule has 2 aliphatic heterocycles. The van der Waals surface area contributed by atoms with Crippen molar-refractivity contribution in [2.45, 2.75) is 63.6 Å². The molecule has 0 amide bonds. The molecular formula is C35H35ClN6O5. The zero-order valence-electron chi connectivity index (χ0n) is 26.5. The molecule has 0 radical (unpaired) electrons. The zero-order valence-corrected chi connectivity index (χ0v) is 27.3. The van der Waals surface area contributed by atoms with E-state index in [2.05, 4.69) is 31.5 Å². The van der Waals surface area contributed by atoms with Crippen molar-refractivity contribution in [2.75, 3.05) is 32.2 Å². The molecule has 2 aliphatic carbocycles. The Morgan fingerprint density at radius 1 is 1.13 bits per heavy atom. The first-order chi connectivity index (χ1) is 22.7. The maximum Gasteiger partial charge on any atom is 0.338 e. The van der Waals surface area contributed by atoms with Crippen LogP contribution >= 0.6 is 11.6 Å². The Kier molecular flexibility index (Phi) is 7.00. The van der Waals surface area contributed by atoms with E-state index < -0.39 is 17.2 Å². The summed E-state index contributed by atoms with van der Waals surface area (Å²) in [7, 11) is 2.94. The number of carbonyl (C=O) groups is 1. The van der Waals surface area contributed by atoms with Crippen LogP contribution in [0.15, 0.2) is 48.7 Å². The van der Waals surface area contributed by atoms with Crippen molar-refractivity contribution in [2.24, 2.45) is 5.41 Å². The van der Waals surface area contributed by atoms with Crippen molar-refractivity contribution >= 4 is 34.3 Å². The molecule has 1 saturated heterocycles. The monoisotopic (exact) mass is 654 g/mol. The topological polar surface area (TPSA) is 115 Å². The number of imidazole rings is 1. The number of fused-ring (bicyclic) bond motifs is 3. The van der Waals surface area contributed by atoms with Crippen LogP contribution in [0.2, 0.25) is 5.02 Å². The van der Waals surface area contributed by atoms with Crippen LogP contribution in [0.5, 0.6) is 17.2 Å². The summed E-state index contributed by atoms with van der Waals surface area (Å²) < 4.78 is 25.7. The van der Waals surface area contributed by atoms with Crippen molar-refractivity contribution in [3.63, 3.8) is 0 Å². The van der Waals surface area contributed by atoms with Gasteiger partial charge in [0.05, 0.1) is 54.0 Å². The molecule has 4 aromatic rings. The fourth-order valence-electron chi connectivity index (χ4n) is 7.27. The van der Waals surface area contributed by atoms with Gasteiger partial charge in [-0.3, -0.25) is 9.88 Å². The lowest BCUT2D eigenvalue weighted by molar-refractivity contribution is -0.0717. The molecule has 4 aliphatic rings. The first-order valence-corrected chi connectivity index (χ1v) is 16.3. The van der Waals surface area contributed by atoms with E-state index in [0.29, 0.717) is 58.5 Å². The molecular weight excluding hydrogens is 620 g/mol. The lowest BCUT2D eigenvalue weighted by Crippen LogP contribution is -2.64. The highest BCUT2D eigenvalue weighted by molar-refractivity contribution is 6.30. The van der Waals surface area contributed by atoms with Gasteiger partial charge in [-0.25, -0.2) is 9.78 Å². The maximum atomic E-state index is 12.5. The fraction of sp³-hybridized carbons (Fsp3) is 0.429. The Hall–Kier alpha value is -4.53. The molecule has 242 valence electrons. The molecule has 2 aromatic carbocycles. The summed E-state index contributed by atoms with van der Waals surface area (Å²) >= 11 is 6.09. The number of nitriles is 1. The molecule has 3 fully saturated rings. The number of carbonyl (C=O) groups excluding carboxylic acids is 1. The van der Waals surface area contributed by atoms with Crippen LogP contribution in [0.3, 0.4) is 0 Å². The summed E-state index contributed by atoms with van der Waals surface area (Å²) in [4.78, 5) is 27.0. The van der Waals surface area contributed by atoms with E-state index in [4.69, 9.17) is 35.5 Å². The summed E-state index contributed by atoms with van der Waals surface area (Å²) in [5.74, 6) is 1.30. The van der Waals surface area contributed by atoms with Crippen molar-refractivity contribution in [3.8, 4) is 23.3 Å². The SMILES string of the molecule is COC(=O)c1cc(OC)c2nc(CN3CCN(c4cccc5c4O[C@](C)(c4ccc(Cl)cn4)O5)[C@@H]4CC[C@H]43)n(CC3(C#N)CC3)c2c1. The van der Waals surface area contributed by atoms with E-state index in [1.807, 2.05) is 31.2 Å². The Morgan fingerprint density at radius 3 is 2.64 bits per heavy atom. The average Bonchev–Trinajstić information content (AvgIpc) is 3.63. The number of hydrogen-bond acceptors (Lipinski definition) is 10. The first kappa shape index (κ1) is 29.8. The number of methoxy groups -OCH3 is 2. The van der Waals surface area contributed by atoms with E-state index in [9.17, 15) is 10.1 Å². The van der Waals surface area contributed by atoms with E-state index in [1.54, 1.807) is 25.4 Å². The number of pyridine rings is 1. The molecule has 0 spiro atoms. The highest BCUT2D eigenvalue weighted by Crippen LogP contribution is 2.51. The van der Waals surface area contributed by atoms with Crippen LogP contribution in [0, 0.1) is 16.7 Å². The van der Waals surface area contributed by atoms with Gasteiger partial charge in [0.2, 0.25) is 0 Å². The van der Waals surface area contributed by atoms with Gasteiger partial charge in [0.15, 0.2) is 11.5 Å². The molecule has 0 unspecified atom stereocenters. The molecule has 4 heterocycles. The summed E-state index contributed by atoms with van der Waals surface area (Å²) in [5, 5.41) is 10.5. The van der Waals surface area contributed by atoms with E-state index in [1.165, 1.54) is 7.11 Å². The molecule has 2 aromatic heterocycles. The number of esters is 1. The molecule has 2 saturated carbocycles. The second-order valence-electron chi connectivity index (χ2n) is 13.0. The zero-order chi connectivity index (χ0) is 32.5. The first-order valence-electron chi connectivity index (χ1n) is 16.0. The minimum atomic E-state index is -1.06. The second-order valence-corrected chi connectivity index (χ2v) is 13.5. The number of benzene rings is 2. The van der Waals surface area contributed by atoms with Crippen LogP contribution in [0.4, 0.5) is 5.69 Å². The van der Waals surface area contributed by atoms with Crippen molar-refractivity contribution in [3.05, 3.63) is 70.8 Å². The van der Waals surface area contributed by atoms with Crippen LogP contribution in [0.1, 0.15) is 54.5 Å². The number of anilines is 1. The highest BCUT2D eigenvalue weighted by atomic mass is 35.5. The second kappa shape index (κ2) is 11.0. The van der Waals surface area contributed by atoms with Gasteiger partial charge in [-0.05, 0) is 62.1 Å². The lowest BCUT2D eigenvalue weighted by Gasteiger charge is -2.54. The average molecular weight is 655 g/mol. The predicted octanol–water partition coefficient (Wildman–Crippen LogP) is 5.68. The van der Waals surface area contributed by atoms with E-state index >= 15 is 0 Å². The number of para-hydroxylation sites is 1. The molecule has 11 nitrogen and oxygen atoms in total. The highest BCUT2D eigenvalue weighted by Gasteiger charge is 2.48.